The lowest BCUT2D eigenvalue weighted by atomic mass is 9.97. The van der Waals surface area contributed by atoms with Gasteiger partial charge in [-0.2, -0.15) is 0 Å². The zero-order valence-corrected chi connectivity index (χ0v) is 19.7. The molecule has 1 unspecified atom stereocenters. The molecule has 0 aliphatic carbocycles. The SMILES string of the molecule is Cc1ccc(-c2cn3nc(N4CCCC(C(=O)NCCCc5ccccc5)C4)sc3n2)cc1. The first-order valence-corrected chi connectivity index (χ1v) is 12.5. The number of nitrogens with zero attached hydrogens (tertiary/aromatic N) is 4. The standard InChI is InChI=1S/C26H29N5OS/c1-19-11-13-21(14-12-19)23-18-31-25(28-23)33-26(29-31)30-16-6-10-22(17-30)24(32)27-15-5-9-20-7-3-2-4-8-20/h2-4,7-8,11-14,18,22H,5-6,9-10,15-17H2,1H3,(H,27,32). The monoisotopic (exact) mass is 459 g/mol. The van der Waals surface area contributed by atoms with Crippen molar-refractivity contribution in [3.8, 4) is 11.3 Å². The number of piperidine rings is 1. The van der Waals surface area contributed by atoms with E-state index in [1.54, 1.807) is 11.3 Å². The van der Waals surface area contributed by atoms with Crippen LogP contribution in [-0.4, -0.2) is 40.1 Å². The number of carbonyl (C=O) groups is 1. The summed E-state index contributed by atoms with van der Waals surface area (Å²) in [6.07, 6.45) is 5.86. The molecule has 0 spiro atoms. The highest BCUT2D eigenvalue weighted by molar-refractivity contribution is 7.20. The molecule has 1 N–H and O–H groups in total. The third kappa shape index (κ3) is 5.09. The molecule has 0 saturated carbocycles. The Hall–Kier alpha value is -3.19. The van der Waals surface area contributed by atoms with Crippen molar-refractivity contribution in [3.63, 3.8) is 0 Å². The second kappa shape index (κ2) is 9.75. The van der Waals surface area contributed by atoms with E-state index in [1.807, 2.05) is 16.8 Å². The number of fused-ring (bicyclic) bond motifs is 1. The Morgan fingerprint density at radius 3 is 2.76 bits per heavy atom. The van der Waals surface area contributed by atoms with Crippen LogP contribution < -0.4 is 10.2 Å². The Balaban J connectivity index is 1.17. The number of anilines is 1. The molecule has 1 saturated heterocycles. The van der Waals surface area contributed by atoms with Gasteiger partial charge in [-0.15, -0.1) is 5.10 Å². The molecule has 1 atom stereocenters. The summed E-state index contributed by atoms with van der Waals surface area (Å²) in [5.41, 5.74) is 4.59. The number of aromatic nitrogens is 3. The highest BCUT2D eigenvalue weighted by Gasteiger charge is 2.27. The van der Waals surface area contributed by atoms with E-state index >= 15 is 0 Å². The van der Waals surface area contributed by atoms with E-state index in [9.17, 15) is 4.79 Å². The zero-order valence-electron chi connectivity index (χ0n) is 18.9. The number of rotatable bonds is 7. The minimum absolute atomic E-state index is 0.00909. The predicted octanol–water partition coefficient (Wildman–Crippen LogP) is 4.73. The minimum atomic E-state index is 0.00909. The lowest BCUT2D eigenvalue weighted by Crippen LogP contribution is -2.43. The maximum atomic E-state index is 12.8. The molecule has 1 aliphatic heterocycles. The summed E-state index contributed by atoms with van der Waals surface area (Å²) >= 11 is 1.59. The van der Waals surface area contributed by atoms with Crippen LogP contribution in [0.15, 0.2) is 60.8 Å². The van der Waals surface area contributed by atoms with Gasteiger partial charge in [0.05, 0.1) is 17.8 Å². The molecule has 6 nitrogen and oxygen atoms in total. The molecule has 33 heavy (non-hydrogen) atoms. The Bertz CT molecular complexity index is 1180. The third-order valence-corrected chi connectivity index (χ3v) is 7.21. The molecule has 2 aromatic carbocycles. The Labute approximate surface area is 198 Å². The van der Waals surface area contributed by atoms with Crippen LogP contribution in [0.4, 0.5) is 5.13 Å². The number of nitrogens with one attached hydrogen (secondary N) is 1. The van der Waals surface area contributed by atoms with Crippen LogP contribution in [0.3, 0.4) is 0 Å². The van der Waals surface area contributed by atoms with Crippen molar-refractivity contribution < 1.29 is 4.79 Å². The number of hydrogen-bond acceptors (Lipinski definition) is 5. The largest absolute Gasteiger partial charge is 0.356 e. The van der Waals surface area contributed by atoms with Gasteiger partial charge >= 0.3 is 0 Å². The van der Waals surface area contributed by atoms with Crippen molar-refractivity contribution in [3.05, 3.63) is 71.9 Å². The van der Waals surface area contributed by atoms with Crippen LogP contribution in [0.5, 0.6) is 0 Å². The molecule has 1 aliphatic rings. The molecule has 1 fully saturated rings. The van der Waals surface area contributed by atoms with Gasteiger partial charge < -0.3 is 10.2 Å². The van der Waals surface area contributed by atoms with Crippen LogP contribution in [0.2, 0.25) is 0 Å². The molecule has 4 aromatic rings. The van der Waals surface area contributed by atoms with Crippen molar-refractivity contribution >= 4 is 27.3 Å². The Morgan fingerprint density at radius 2 is 1.97 bits per heavy atom. The lowest BCUT2D eigenvalue weighted by Gasteiger charge is -2.31. The summed E-state index contributed by atoms with van der Waals surface area (Å²) in [6.45, 7) is 4.45. The average molecular weight is 460 g/mol. The fourth-order valence-corrected chi connectivity index (χ4v) is 5.26. The van der Waals surface area contributed by atoms with Gasteiger partial charge in [-0.3, -0.25) is 4.79 Å². The number of amides is 1. The van der Waals surface area contributed by atoms with Crippen LogP contribution in [-0.2, 0) is 11.2 Å². The number of hydrogen-bond donors (Lipinski definition) is 1. The first-order valence-electron chi connectivity index (χ1n) is 11.7. The fourth-order valence-electron chi connectivity index (χ4n) is 4.34. The average Bonchev–Trinajstić information content (AvgIpc) is 3.43. The van der Waals surface area contributed by atoms with Crippen molar-refractivity contribution in [1.82, 2.24) is 19.9 Å². The fraction of sp³-hybridized carbons (Fsp3) is 0.346. The quantitative estimate of drug-likeness (QED) is 0.406. The smallest absolute Gasteiger partial charge is 0.224 e. The van der Waals surface area contributed by atoms with Crippen LogP contribution in [0, 0.1) is 12.8 Å². The highest BCUT2D eigenvalue weighted by Crippen LogP contribution is 2.30. The van der Waals surface area contributed by atoms with Gasteiger partial charge in [-0.05, 0) is 38.2 Å². The van der Waals surface area contributed by atoms with Crippen molar-refractivity contribution in [2.24, 2.45) is 5.92 Å². The molecule has 0 radical (unpaired) electrons. The van der Waals surface area contributed by atoms with E-state index in [-0.39, 0.29) is 11.8 Å². The van der Waals surface area contributed by atoms with E-state index < -0.39 is 0 Å². The van der Waals surface area contributed by atoms with Gasteiger partial charge in [-0.25, -0.2) is 9.50 Å². The minimum Gasteiger partial charge on any atom is -0.356 e. The van der Waals surface area contributed by atoms with Crippen LogP contribution in [0.1, 0.15) is 30.4 Å². The summed E-state index contributed by atoms with van der Waals surface area (Å²) < 4.78 is 1.86. The normalized spacial score (nSPS) is 16.3. The summed E-state index contributed by atoms with van der Waals surface area (Å²) in [7, 11) is 0. The van der Waals surface area contributed by atoms with Gasteiger partial charge in [0.15, 0.2) is 0 Å². The molecular weight excluding hydrogens is 430 g/mol. The first-order chi connectivity index (χ1) is 16.2. The molecule has 0 bridgehead atoms. The zero-order chi connectivity index (χ0) is 22.6. The summed E-state index contributed by atoms with van der Waals surface area (Å²) in [4.78, 5) is 20.7. The maximum absolute atomic E-state index is 12.8. The topological polar surface area (TPSA) is 62.5 Å². The van der Waals surface area contributed by atoms with Gasteiger partial charge in [-0.1, -0.05) is 71.5 Å². The number of aryl methyl sites for hydroxylation is 2. The van der Waals surface area contributed by atoms with Crippen molar-refractivity contribution in [1.29, 1.82) is 0 Å². The van der Waals surface area contributed by atoms with Crippen LogP contribution in [0.25, 0.3) is 16.2 Å². The van der Waals surface area contributed by atoms with E-state index in [0.29, 0.717) is 6.54 Å². The van der Waals surface area contributed by atoms with E-state index in [0.717, 1.165) is 60.1 Å². The molecule has 2 aromatic heterocycles. The summed E-state index contributed by atoms with van der Waals surface area (Å²) in [6, 6.07) is 18.8. The Morgan fingerprint density at radius 1 is 1.15 bits per heavy atom. The second-order valence-corrected chi connectivity index (χ2v) is 9.70. The maximum Gasteiger partial charge on any atom is 0.224 e. The van der Waals surface area contributed by atoms with Gasteiger partial charge in [0.25, 0.3) is 0 Å². The molecule has 7 heteroatoms. The molecule has 170 valence electrons. The van der Waals surface area contributed by atoms with E-state index in [2.05, 4.69) is 65.7 Å². The number of imidazole rings is 1. The lowest BCUT2D eigenvalue weighted by molar-refractivity contribution is -0.125. The van der Waals surface area contributed by atoms with Gasteiger partial charge in [0, 0.05) is 25.2 Å². The second-order valence-electron chi connectivity index (χ2n) is 8.77. The highest BCUT2D eigenvalue weighted by atomic mass is 32.1. The van der Waals surface area contributed by atoms with E-state index in [4.69, 9.17) is 10.1 Å². The molecular formula is C26H29N5OS. The van der Waals surface area contributed by atoms with Gasteiger partial charge in [0.1, 0.15) is 0 Å². The first kappa shape index (κ1) is 21.6. The molecule has 1 amide bonds. The Kier molecular flexibility index (Phi) is 6.39. The molecule has 5 rings (SSSR count). The van der Waals surface area contributed by atoms with Crippen LogP contribution >= 0.6 is 11.3 Å². The summed E-state index contributed by atoms with van der Waals surface area (Å²) in [5.74, 6) is 0.172. The van der Waals surface area contributed by atoms with Crippen molar-refractivity contribution in [2.45, 2.75) is 32.6 Å². The van der Waals surface area contributed by atoms with Gasteiger partial charge in [0.2, 0.25) is 16.0 Å². The summed E-state index contributed by atoms with van der Waals surface area (Å²) in [5, 5.41) is 8.85. The number of carbonyl (C=O) groups excluding carboxylic acids is 1. The molecule has 3 heterocycles. The third-order valence-electron chi connectivity index (χ3n) is 6.23. The van der Waals surface area contributed by atoms with Crippen molar-refractivity contribution in [2.75, 3.05) is 24.5 Å². The van der Waals surface area contributed by atoms with E-state index in [1.165, 1.54) is 11.1 Å². The predicted molar refractivity (Wildman–Crippen MR) is 134 cm³/mol. The number of benzene rings is 2.